The molecule has 0 unspecified atom stereocenters. The Balaban J connectivity index is 1.96. The molecular weight excluding hydrogens is 340 g/mol. The quantitative estimate of drug-likeness (QED) is 0.807. The average molecular weight is 364 g/mol. The molecule has 6 nitrogen and oxygen atoms in total. The standard InChI is InChI=1S/C18H24N2O4S/c1-3-23-15-8-10-16(11-9-15)25(21,22)17-18(24-14(2)19-17)20-12-6-4-5-7-13-20/h8-11H,3-7,12-13H2,1-2H3. The summed E-state index contributed by atoms with van der Waals surface area (Å²) >= 11 is 0. The van der Waals surface area contributed by atoms with Gasteiger partial charge in [-0.15, -0.1) is 0 Å². The van der Waals surface area contributed by atoms with Gasteiger partial charge in [-0.2, -0.15) is 4.98 Å². The van der Waals surface area contributed by atoms with E-state index in [2.05, 4.69) is 4.98 Å². The number of anilines is 1. The number of rotatable bonds is 5. The summed E-state index contributed by atoms with van der Waals surface area (Å²) < 4.78 is 37.2. The lowest BCUT2D eigenvalue weighted by Crippen LogP contribution is -2.25. The summed E-state index contributed by atoms with van der Waals surface area (Å²) in [6.07, 6.45) is 4.37. The summed E-state index contributed by atoms with van der Waals surface area (Å²) in [5.41, 5.74) is 0. The molecule has 1 saturated heterocycles. The number of aryl methyl sites for hydroxylation is 1. The maximum atomic E-state index is 13.1. The van der Waals surface area contributed by atoms with Gasteiger partial charge < -0.3 is 14.1 Å². The van der Waals surface area contributed by atoms with Gasteiger partial charge in [-0.05, 0) is 44.0 Å². The monoisotopic (exact) mass is 364 g/mol. The van der Waals surface area contributed by atoms with Gasteiger partial charge in [0.05, 0.1) is 11.5 Å². The zero-order chi connectivity index (χ0) is 17.9. The van der Waals surface area contributed by atoms with Crippen LogP contribution in [0.3, 0.4) is 0 Å². The van der Waals surface area contributed by atoms with Crippen molar-refractivity contribution in [2.24, 2.45) is 0 Å². The van der Waals surface area contributed by atoms with Crippen LogP contribution in [0.25, 0.3) is 0 Å². The molecule has 0 aliphatic carbocycles. The van der Waals surface area contributed by atoms with Crippen LogP contribution in [-0.2, 0) is 9.84 Å². The van der Waals surface area contributed by atoms with E-state index >= 15 is 0 Å². The highest BCUT2D eigenvalue weighted by molar-refractivity contribution is 7.91. The summed E-state index contributed by atoms with van der Waals surface area (Å²) in [6, 6.07) is 6.43. The first kappa shape index (κ1) is 17.8. The van der Waals surface area contributed by atoms with Gasteiger partial charge >= 0.3 is 0 Å². The minimum Gasteiger partial charge on any atom is -0.494 e. The minimum absolute atomic E-state index is 0.0102. The Morgan fingerprint density at radius 1 is 1.12 bits per heavy atom. The van der Waals surface area contributed by atoms with Crippen LogP contribution in [-0.4, -0.2) is 33.1 Å². The molecule has 1 aliphatic rings. The van der Waals surface area contributed by atoms with Crippen LogP contribution in [0.1, 0.15) is 38.5 Å². The summed E-state index contributed by atoms with van der Waals surface area (Å²) in [6.45, 7) is 5.68. The predicted molar refractivity (Wildman–Crippen MR) is 95.0 cm³/mol. The molecule has 1 aromatic heterocycles. The van der Waals surface area contributed by atoms with Crippen molar-refractivity contribution in [2.75, 3.05) is 24.6 Å². The van der Waals surface area contributed by atoms with Gasteiger partial charge in [0.2, 0.25) is 20.7 Å². The van der Waals surface area contributed by atoms with Gasteiger partial charge in [0.1, 0.15) is 5.75 Å². The molecule has 7 heteroatoms. The van der Waals surface area contributed by atoms with E-state index in [4.69, 9.17) is 9.15 Å². The summed E-state index contributed by atoms with van der Waals surface area (Å²) in [5, 5.41) is 0.0102. The topological polar surface area (TPSA) is 72.6 Å². The van der Waals surface area contributed by atoms with Crippen LogP contribution in [0.2, 0.25) is 0 Å². The van der Waals surface area contributed by atoms with Crippen molar-refractivity contribution in [3.63, 3.8) is 0 Å². The zero-order valence-electron chi connectivity index (χ0n) is 14.7. The molecule has 25 heavy (non-hydrogen) atoms. The Morgan fingerprint density at radius 3 is 2.36 bits per heavy atom. The second-order valence-corrected chi connectivity index (χ2v) is 8.02. The second kappa shape index (κ2) is 7.47. The third kappa shape index (κ3) is 3.81. The molecule has 1 fully saturated rings. The molecule has 0 spiro atoms. The van der Waals surface area contributed by atoms with E-state index < -0.39 is 9.84 Å². The molecule has 136 valence electrons. The van der Waals surface area contributed by atoms with Crippen LogP contribution in [0.4, 0.5) is 5.88 Å². The molecule has 0 bridgehead atoms. The van der Waals surface area contributed by atoms with E-state index in [1.165, 1.54) is 0 Å². The predicted octanol–water partition coefficient (Wildman–Crippen LogP) is 3.59. The van der Waals surface area contributed by atoms with Crippen molar-refractivity contribution in [1.82, 2.24) is 4.98 Å². The number of sulfone groups is 1. The number of nitrogens with zero attached hydrogens (tertiary/aromatic N) is 2. The fourth-order valence-electron chi connectivity index (χ4n) is 3.04. The number of hydrogen-bond acceptors (Lipinski definition) is 6. The van der Waals surface area contributed by atoms with E-state index in [9.17, 15) is 8.42 Å². The van der Waals surface area contributed by atoms with E-state index in [1.54, 1.807) is 31.2 Å². The highest BCUT2D eigenvalue weighted by Crippen LogP contribution is 2.32. The van der Waals surface area contributed by atoms with Crippen LogP contribution in [0.5, 0.6) is 5.75 Å². The lowest BCUT2D eigenvalue weighted by molar-refractivity contribution is 0.340. The molecule has 0 amide bonds. The number of ether oxygens (including phenoxy) is 1. The molecule has 0 atom stereocenters. The fourth-order valence-corrected chi connectivity index (χ4v) is 4.41. The Morgan fingerprint density at radius 2 is 1.76 bits per heavy atom. The number of aromatic nitrogens is 1. The lowest BCUT2D eigenvalue weighted by Gasteiger charge is -2.20. The lowest BCUT2D eigenvalue weighted by atomic mass is 10.2. The van der Waals surface area contributed by atoms with E-state index in [-0.39, 0.29) is 9.92 Å². The van der Waals surface area contributed by atoms with Crippen molar-refractivity contribution in [1.29, 1.82) is 0 Å². The van der Waals surface area contributed by atoms with Crippen molar-refractivity contribution < 1.29 is 17.6 Å². The first-order valence-corrected chi connectivity index (χ1v) is 10.2. The average Bonchev–Trinajstić information content (AvgIpc) is 2.82. The summed E-state index contributed by atoms with van der Waals surface area (Å²) in [7, 11) is -3.74. The van der Waals surface area contributed by atoms with Crippen LogP contribution in [0, 0.1) is 6.92 Å². The number of hydrogen-bond donors (Lipinski definition) is 0. The van der Waals surface area contributed by atoms with Crippen LogP contribution in [0.15, 0.2) is 38.6 Å². The van der Waals surface area contributed by atoms with Gasteiger partial charge in [0.15, 0.2) is 5.89 Å². The van der Waals surface area contributed by atoms with Crippen LogP contribution < -0.4 is 9.64 Å². The number of benzene rings is 1. The molecule has 3 rings (SSSR count). The second-order valence-electron chi connectivity index (χ2n) is 6.15. The Labute approximate surface area is 148 Å². The van der Waals surface area contributed by atoms with Gasteiger partial charge in [-0.3, -0.25) is 0 Å². The Bertz CT molecular complexity index is 804. The van der Waals surface area contributed by atoms with E-state index in [0.29, 0.717) is 24.1 Å². The van der Waals surface area contributed by atoms with Gasteiger partial charge in [-0.25, -0.2) is 8.42 Å². The highest BCUT2D eigenvalue weighted by Gasteiger charge is 2.30. The zero-order valence-corrected chi connectivity index (χ0v) is 15.5. The largest absolute Gasteiger partial charge is 0.494 e. The Kier molecular flexibility index (Phi) is 5.32. The molecule has 1 aliphatic heterocycles. The Hall–Kier alpha value is -2.02. The smallest absolute Gasteiger partial charge is 0.236 e. The maximum absolute atomic E-state index is 13.1. The summed E-state index contributed by atoms with van der Waals surface area (Å²) in [5.74, 6) is 1.38. The van der Waals surface area contributed by atoms with E-state index in [1.807, 2.05) is 11.8 Å². The fraction of sp³-hybridized carbons (Fsp3) is 0.500. The first-order valence-electron chi connectivity index (χ1n) is 8.72. The molecule has 1 aromatic carbocycles. The molecular formula is C18H24N2O4S. The van der Waals surface area contributed by atoms with E-state index in [0.717, 1.165) is 38.8 Å². The molecule has 2 aromatic rings. The van der Waals surface area contributed by atoms with Crippen molar-refractivity contribution in [3.8, 4) is 5.75 Å². The third-order valence-corrected chi connectivity index (χ3v) is 5.95. The molecule has 0 N–H and O–H groups in total. The number of oxazole rings is 1. The van der Waals surface area contributed by atoms with Gasteiger partial charge in [0.25, 0.3) is 0 Å². The van der Waals surface area contributed by atoms with Crippen molar-refractivity contribution in [2.45, 2.75) is 49.5 Å². The van der Waals surface area contributed by atoms with Crippen molar-refractivity contribution in [3.05, 3.63) is 30.2 Å². The van der Waals surface area contributed by atoms with Crippen LogP contribution >= 0.6 is 0 Å². The highest BCUT2D eigenvalue weighted by atomic mass is 32.2. The first-order chi connectivity index (χ1) is 12.0. The normalized spacial score (nSPS) is 15.8. The molecule has 0 radical (unpaired) electrons. The minimum atomic E-state index is -3.74. The van der Waals surface area contributed by atoms with Gasteiger partial charge in [-0.1, -0.05) is 12.8 Å². The van der Waals surface area contributed by atoms with Gasteiger partial charge in [0, 0.05) is 20.0 Å². The third-order valence-electron chi connectivity index (χ3n) is 4.28. The molecule has 2 heterocycles. The molecule has 0 saturated carbocycles. The van der Waals surface area contributed by atoms with Crippen molar-refractivity contribution >= 4 is 15.7 Å². The SMILES string of the molecule is CCOc1ccc(S(=O)(=O)c2nc(C)oc2N2CCCCCC2)cc1. The maximum Gasteiger partial charge on any atom is 0.236 e. The summed E-state index contributed by atoms with van der Waals surface area (Å²) in [4.78, 5) is 6.40.